The number of carbonyl (C=O) groups is 1. The Labute approximate surface area is 119 Å². The fourth-order valence-corrected chi connectivity index (χ4v) is 2.47. The number of rotatable bonds is 4. The average molecular weight is 272 g/mol. The number of hydrogen-bond acceptors (Lipinski definition) is 4. The van der Waals surface area contributed by atoms with Crippen LogP contribution in [0.4, 0.5) is 5.69 Å². The molecule has 0 bridgehead atoms. The number of hydrazone groups is 1. The quantitative estimate of drug-likeness (QED) is 0.653. The first-order chi connectivity index (χ1) is 9.74. The second-order valence-electron chi connectivity index (χ2n) is 4.95. The predicted octanol–water partition coefficient (Wildman–Crippen LogP) is 2.75. The SMILES string of the molecule is C[C@@H]1CCCCN1C(=O)c1ccccc1N/N=C\C=N. The second-order valence-corrected chi connectivity index (χ2v) is 4.95. The van der Waals surface area contributed by atoms with E-state index in [9.17, 15) is 4.79 Å². The van der Waals surface area contributed by atoms with Gasteiger partial charge in [0.25, 0.3) is 5.91 Å². The first-order valence-corrected chi connectivity index (χ1v) is 6.92. The van der Waals surface area contributed by atoms with Crippen LogP contribution >= 0.6 is 0 Å². The zero-order valence-corrected chi connectivity index (χ0v) is 11.7. The number of nitrogens with one attached hydrogen (secondary N) is 2. The van der Waals surface area contributed by atoms with E-state index in [4.69, 9.17) is 5.41 Å². The van der Waals surface area contributed by atoms with Gasteiger partial charge in [0.2, 0.25) is 0 Å². The van der Waals surface area contributed by atoms with Gasteiger partial charge in [0.15, 0.2) is 0 Å². The number of para-hydroxylation sites is 1. The van der Waals surface area contributed by atoms with Gasteiger partial charge in [0.1, 0.15) is 0 Å². The minimum absolute atomic E-state index is 0.0466. The van der Waals surface area contributed by atoms with E-state index in [2.05, 4.69) is 17.5 Å². The molecule has 1 heterocycles. The molecule has 0 radical (unpaired) electrons. The molecule has 1 saturated heterocycles. The molecule has 1 amide bonds. The summed E-state index contributed by atoms with van der Waals surface area (Å²) in [5.74, 6) is 0.0466. The number of carbonyl (C=O) groups excluding carboxylic acids is 1. The number of likely N-dealkylation sites (tertiary alicyclic amines) is 1. The second kappa shape index (κ2) is 6.84. The molecule has 1 aromatic rings. The molecule has 2 rings (SSSR count). The molecule has 0 saturated carbocycles. The highest BCUT2D eigenvalue weighted by Crippen LogP contribution is 2.23. The highest BCUT2D eigenvalue weighted by Gasteiger charge is 2.25. The van der Waals surface area contributed by atoms with E-state index in [0.717, 1.165) is 25.6 Å². The third kappa shape index (κ3) is 3.23. The maximum atomic E-state index is 12.7. The summed E-state index contributed by atoms with van der Waals surface area (Å²) in [6.45, 7) is 2.92. The molecule has 20 heavy (non-hydrogen) atoms. The van der Waals surface area contributed by atoms with E-state index in [1.54, 1.807) is 0 Å². The molecule has 5 heteroatoms. The van der Waals surface area contributed by atoms with Crippen LogP contribution in [0, 0.1) is 5.41 Å². The first kappa shape index (κ1) is 14.2. The van der Waals surface area contributed by atoms with E-state index < -0.39 is 0 Å². The van der Waals surface area contributed by atoms with Crippen molar-refractivity contribution in [1.82, 2.24) is 4.90 Å². The lowest BCUT2D eigenvalue weighted by molar-refractivity contribution is 0.0636. The Bertz CT molecular complexity index is 512. The van der Waals surface area contributed by atoms with Crippen LogP contribution in [0.15, 0.2) is 29.4 Å². The van der Waals surface area contributed by atoms with Gasteiger partial charge in [-0.2, -0.15) is 5.10 Å². The van der Waals surface area contributed by atoms with Crippen LogP contribution in [0.25, 0.3) is 0 Å². The van der Waals surface area contributed by atoms with E-state index in [1.807, 2.05) is 29.2 Å². The van der Waals surface area contributed by atoms with Crippen molar-refractivity contribution in [2.24, 2.45) is 5.10 Å². The number of amides is 1. The molecular formula is C15H20N4O. The summed E-state index contributed by atoms with van der Waals surface area (Å²) in [6, 6.07) is 7.63. The molecular weight excluding hydrogens is 252 g/mol. The molecule has 5 nitrogen and oxygen atoms in total. The van der Waals surface area contributed by atoms with E-state index in [0.29, 0.717) is 11.3 Å². The highest BCUT2D eigenvalue weighted by molar-refractivity contribution is 6.14. The minimum atomic E-state index is 0.0466. The molecule has 1 aliphatic heterocycles. The van der Waals surface area contributed by atoms with Crippen molar-refractivity contribution in [3.05, 3.63) is 29.8 Å². The Morgan fingerprint density at radius 2 is 2.25 bits per heavy atom. The third-order valence-electron chi connectivity index (χ3n) is 3.56. The Kier molecular flexibility index (Phi) is 4.87. The maximum Gasteiger partial charge on any atom is 0.256 e. The summed E-state index contributed by atoms with van der Waals surface area (Å²) in [5.41, 5.74) is 4.12. The fourth-order valence-electron chi connectivity index (χ4n) is 2.47. The maximum absolute atomic E-state index is 12.7. The van der Waals surface area contributed by atoms with Gasteiger partial charge in [-0.25, -0.2) is 0 Å². The topological polar surface area (TPSA) is 68.6 Å². The Balaban J connectivity index is 2.20. The molecule has 106 valence electrons. The number of hydrogen-bond donors (Lipinski definition) is 2. The summed E-state index contributed by atoms with van der Waals surface area (Å²) >= 11 is 0. The van der Waals surface area contributed by atoms with Crippen LogP contribution in [-0.4, -0.2) is 35.8 Å². The van der Waals surface area contributed by atoms with Crippen molar-refractivity contribution in [3.63, 3.8) is 0 Å². The van der Waals surface area contributed by atoms with Crippen molar-refractivity contribution in [2.75, 3.05) is 12.0 Å². The molecule has 1 atom stereocenters. The van der Waals surface area contributed by atoms with Gasteiger partial charge in [-0.15, -0.1) is 0 Å². The highest BCUT2D eigenvalue weighted by atomic mass is 16.2. The predicted molar refractivity (Wildman–Crippen MR) is 81.7 cm³/mol. The van der Waals surface area contributed by atoms with Crippen molar-refractivity contribution in [3.8, 4) is 0 Å². The lowest BCUT2D eigenvalue weighted by Crippen LogP contribution is -2.42. The molecule has 0 spiro atoms. The zero-order valence-electron chi connectivity index (χ0n) is 11.7. The molecule has 1 aliphatic rings. The summed E-state index contributed by atoms with van der Waals surface area (Å²) < 4.78 is 0. The number of piperidine rings is 1. The van der Waals surface area contributed by atoms with Gasteiger partial charge in [0.05, 0.1) is 17.5 Å². The van der Waals surface area contributed by atoms with E-state index in [-0.39, 0.29) is 11.9 Å². The lowest BCUT2D eigenvalue weighted by atomic mass is 10.0. The van der Waals surface area contributed by atoms with Gasteiger partial charge in [-0.05, 0) is 38.3 Å². The minimum Gasteiger partial charge on any atom is -0.336 e. The van der Waals surface area contributed by atoms with Crippen LogP contribution in [0.3, 0.4) is 0 Å². The van der Waals surface area contributed by atoms with Crippen LogP contribution in [-0.2, 0) is 0 Å². The van der Waals surface area contributed by atoms with E-state index >= 15 is 0 Å². The van der Waals surface area contributed by atoms with Gasteiger partial charge in [-0.1, -0.05) is 12.1 Å². The van der Waals surface area contributed by atoms with Crippen LogP contribution < -0.4 is 5.43 Å². The van der Waals surface area contributed by atoms with Gasteiger partial charge in [0, 0.05) is 18.8 Å². The molecule has 2 N–H and O–H groups in total. The van der Waals surface area contributed by atoms with Crippen molar-refractivity contribution >= 4 is 24.0 Å². The number of anilines is 1. The number of benzene rings is 1. The molecule has 0 aliphatic carbocycles. The van der Waals surface area contributed by atoms with Gasteiger partial charge < -0.3 is 10.3 Å². The standard InChI is InChI=1S/C15H20N4O/c1-12-6-4-5-11-19(12)15(20)13-7-2-3-8-14(13)18-17-10-9-16/h2-3,7-10,12,16,18H,4-6,11H2,1H3/b16-9?,17-10-/t12-/m1/s1. The van der Waals surface area contributed by atoms with Crippen LogP contribution in [0.2, 0.25) is 0 Å². The smallest absolute Gasteiger partial charge is 0.256 e. The van der Waals surface area contributed by atoms with Gasteiger partial charge >= 0.3 is 0 Å². The zero-order chi connectivity index (χ0) is 14.4. The fraction of sp³-hybridized carbons (Fsp3) is 0.400. The molecule has 1 aromatic carbocycles. The molecule has 1 fully saturated rings. The monoisotopic (exact) mass is 272 g/mol. The summed E-state index contributed by atoms with van der Waals surface area (Å²) in [4.78, 5) is 14.6. The molecule has 0 unspecified atom stereocenters. The summed E-state index contributed by atoms with van der Waals surface area (Å²) in [5, 5.41) is 10.8. The lowest BCUT2D eigenvalue weighted by Gasteiger charge is -2.33. The summed E-state index contributed by atoms with van der Waals surface area (Å²) in [7, 11) is 0. The van der Waals surface area contributed by atoms with E-state index in [1.165, 1.54) is 12.6 Å². The number of nitrogens with zero attached hydrogens (tertiary/aromatic N) is 2. The van der Waals surface area contributed by atoms with Crippen molar-refractivity contribution in [2.45, 2.75) is 32.2 Å². The van der Waals surface area contributed by atoms with Gasteiger partial charge in [-0.3, -0.25) is 10.2 Å². The Hall–Kier alpha value is -2.17. The largest absolute Gasteiger partial charge is 0.336 e. The normalized spacial score (nSPS) is 19.1. The average Bonchev–Trinajstić information content (AvgIpc) is 2.48. The van der Waals surface area contributed by atoms with Crippen molar-refractivity contribution < 1.29 is 4.79 Å². The third-order valence-corrected chi connectivity index (χ3v) is 3.56. The first-order valence-electron chi connectivity index (χ1n) is 6.92. The van der Waals surface area contributed by atoms with Crippen LogP contribution in [0.5, 0.6) is 0 Å². The summed E-state index contributed by atoms with van der Waals surface area (Å²) in [6.07, 6.45) is 5.74. The van der Waals surface area contributed by atoms with Crippen molar-refractivity contribution in [1.29, 1.82) is 5.41 Å². The molecule has 0 aromatic heterocycles. The Morgan fingerprint density at radius 3 is 3.00 bits per heavy atom. The Morgan fingerprint density at radius 1 is 1.45 bits per heavy atom. The van der Waals surface area contributed by atoms with Crippen LogP contribution in [0.1, 0.15) is 36.5 Å².